The van der Waals surface area contributed by atoms with Crippen LogP contribution in [-0.2, 0) is 0 Å². The summed E-state index contributed by atoms with van der Waals surface area (Å²) in [4.78, 5) is 4.59. The fourth-order valence-electron chi connectivity index (χ4n) is 1.67. The molecule has 1 aromatic heterocycles. The molecule has 92 valence electrons. The number of rotatable bonds is 3. The summed E-state index contributed by atoms with van der Waals surface area (Å²) in [5.41, 5.74) is 8.31. The number of aromatic nitrogens is 1. The third-order valence-corrected chi connectivity index (χ3v) is 2.93. The lowest BCUT2D eigenvalue weighted by atomic mass is 10.1. The van der Waals surface area contributed by atoms with Crippen molar-refractivity contribution in [1.82, 2.24) is 4.98 Å². The highest BCUT2D eigenvalue weighted by Crippen LogP contribution is 2.23. The quantitative estimate of drug-likeness (QED) is 0.844. The smallest absolute Gasteiger partial charge is 0.140 e. The van der Waals surface area contributed by atoms with E-state index in [9.17, 15) is 0 Å². The number of halogens is 1. The van der Waals surface area contributed by atoms with Crippen LogP contribution in [0.1, 0.15) is 11.1 Å². The second-order valence-electron chi connectivity index (χ2n) is 3.85. The fraction of sp³-hybridized carbons (Fsp3) is 0.0769. The molecule has 1 heterocycles. The number of hydrogen-bond donors (Lipinski definition) is 2. The second kappa shape index (κ2) is 5.33. The first-order valence-electron chi connectivity index (χ1n) is 5.36. The molecular formula is C13H12ClN3S. The van der Waals surface area contributed by atoms with Crippen LogP contribution < -0.4 is 11.1 Å². The summed E-state index contributed by atoms with van der Waals surface area (Å²) in [5, 5.41) is 3.83. The molecule has 0 radical (unpaired) electrons. The van der Waals surface area contributed by atoms with E-state index >= 15 is 0 Å². The van der Waals surface area contributed by atoms with Gasteiger partial charge in [0.05, 0.1) is 5.56 Å². The SMILES string of the molecule is Cc1ccnc(Nc2cccc(Cl)c2)c1C(N)=S. The molecule has 2 aromatic rings. The van der Waals surface area contributed by atoms with E-state index in [0.29, 0.717) is 15.8 Å². The molecule has 3 N–H and O–H groups in total. The number of hydrogen-bond acceptors (Lipinski definition) is 3. The van der Waals surface area contributed by atoms with Crippen LogP contribution >= 0.6 is 23.8 Å². The minimum atomic E-state index is 0.324. The van der Waals surface area contributed by atoms with Gasteiger partial charge >= 0.3 is 0 Å². The van der Waals surface area contributed by atoms with E-state index in [-0.39, 0.29) is 0 Å². The lowest BCUT2D eigenvalue weighted by Gasteiger charge is -2.12. The van der Waals surface area contributed by atoms with Crippen molar-refractivity contribution >= 4 is 40.3 Å². The van der Waals surface area contributed by atoms with Gasteiger partial charge in [0.2, 0.25) is 0 Å². The Kier molecular flexibility index (Phi) is 3.79. The molecule has 18 heavy (non-hydrogen) atoms. The van der Waals surface area contributed by atoms with E-state index in [1.807, 2.05) is 37.3 Å². The van der Waals surface area contributed by atoms with Crippen LogP contribution in [0.15, 0.2) is 36.5 Å². The topological polar surface area (TPSA) is 50.9 Å². The van der Waals surface area contributed by atoms with Crippen LogP contribution in [0.3, 0.4) is 0 Å². The second-order valence-corrected chi connectivity index (χ2v) is 4.73. The van der Waals surface area contributed by atoms with Crippen molar-refractivity contribution < 1.29 is 0 Å². The number of nitrogens with two attached hydrogens (primary N) is 1. The van der Waals surface area contributed by atoms with E-state index in [4.69, 9.17) is 29.6 Å². The van der Waals surface area contributed by atoms with Crippen molar-refractivity contribution in [2.24, 2.45) is 5.73 Å². The van der Waals surface area contributed by atoms with Gasteiger partial charge in [-0.3, -0.25) is 0 Å². The van der Waals surface area contributed by atoms with Crippen molar-refractivity contribution in [1.29, 1.82) is 0 Å². The van der Waals surface area contributed by atoms with Gasteiger partial charge in [0.25, 0.3) is 0 Å². The average Bonchev–Trinajstić information content (AvgIpc) is 2.28. The zero-order valence-electron chi connectivity index (χ0n) is 9.77. The van der Waals surface area contributed by atoms with Crippen LogP contribution in [0.5, 0.6) is 0 Å². The van der Waals surface area contributed by atoms with Gasteiger partial charge in [0.1, 0.15) is 10.8 Å². The van der Waals surface area contributed by atoms with Gasteiger partial charge in [0, 0.05) is 16.9 Å². The molecule has 5 heteroatoms. The Morgan fingerprint density at radius 3 is 2.83 bits per heavy atom. The number of thiocarbonyl (C=S) groups is 1. The van der Waals surface area contributed by atoms with Gasteiger partial charge in [0.15, 0.2) is 0 Å². The van der Waals surface area contributed by atoms with Crippen LogP contribution in [0.25, 0.3) is 0 Å². The highest BCUT2D eigenvalue weighted by Gasteiger charge is 2.09. The lowest BCUT2D eigenvalue weighted by molar-refractivity contribution is 1.26. The largest absolute Gasteiger partial charge is 0.389 e. The van der Waals surface area contributed by atoms with Crippen molar-refractivity contribution in [3.8, 4) is 0 Å². The average molecular weight is 278 g/mol. The Hall–Kier alpha value is -1.65. The van der Waals surface area contributed by atoms with Gasteiger partial charge in [-0.05, 0) is 36.8 Å². The van der Waals surface area contributed by atoms with E-state index in [1.165, 1.54) is 0 Å². The van der Waals surface area contributed by atoms with E-state index in [2.05, 4.69) is 10.3 Å². The molecule has 0 spiro atoms. The summed E-state index contributed by atoms with van der Waals surface area (Å²) in [7, 11) is 0. The van der Waals surface area contributed by atoms with Crippen molar-refractivity contribution in [2.75, 3.05) is 5.32 Å². The van der Waals surface area contributed by atoms with E-state index in [1.54, 1.807) is 6.20 Å². The molecular weight excluding hydrogens is 266 g/mol. The van der Waals surface area contributed by atoms with Crippen molar-refractivity contribution in [3.05, 3.63) is 52.7 Å². The molecule has 0 unspecified atom stereocenters. The van der Waals surface area contributed by atoms with Crippen LogP contribution in [-0.4, -0.2) is 9.97 Å². The van der Waals surface area contributed by atoms with Crippen LogP contribution in [0, 0.1) is 6.92 Å². The Morgan fingerprint density at radius 2 is 2.17 bits per heavy atom. The van der Waals surface area contributed by atoms with Crippen LogP contribution in [0.2, 0.25) is 5.02 Å². The molecule has 0 aliphatic rings. The lowest BCUT2D eigenvalue weighted by Crippen LogP contribution is -2.14. The normalized spacial score (nSPS) is 10.1. The molecule has 0 atom stereocenters. The minimum absolute atomic E-state index is 0.324. The van der Waals surface area contributed by atoms with E-state index < -0.39 is 0 Å². The maximum atomic E-state index is 5.93. The Balaban J connectivity index is 2.40. The summed E-state index contributed by atoms with van der Waals surface area (Å²) < 4.78 is 0. The summed E-state index contributed by atoms with van der Waals surface area (Å²) in [6.07, 6.45) is 1.71. The molecule has 0 fully saturated rings. The van der Waals surface area contributed by atoms with Gasteiger partial charge in [-0.2, -0.15) is 0 Å². The Bertz CT molecular complexity index is 599. The maximum absolute atomic E-state index is 5.93. The molecule has 0 bridgehead atoms. The number of nitrogens with one attached hydrogen (secondary N) is 1. The standard InChI is InChI=1S/C13H12ClN3S/c1-8-5-6-16-13(11(8)12(15)18)17-10-4-2-3-9(14)7-10/h2-7H,1H3,(H2,15,18)(H,16,17). The zero-order valence-corrected chi connectivity index (χ0v) is 11.3. The predicted molar refractivity (Wildman–Crippen MR) is 79.6 cm³/mol. The van der Waals surface area contributed by atoms with Gasteiger partial charge in [-0.15, -0.1) is 0 Å². The van der Waals surface area contributed by atoms with Gasteiger partial charge < -0.3 is 11.1 Å². The summed E-state index contributed by atoms with van der Waals surface area (Å²) in [6, 6.07) is 9.26. The summed E-state index contributed by atoms with van der Waals surface area (Å²) in [6.45, 7) is 1.94. The number of anilines is 2. The highest BCUT2D eigenvalue weighted by atomic mass is 35.5. The van der Waals surface area contributed by atoms with Gasteiger partial charge in [-0.1, -0.05) is 29.9 Å². The molecule has 0 amide bonds. The Labute approximate surface area is 116 Å². The summed E-state index contributed by atoms with van der Waals surface area (Å²) in [5.74, 6) is 0.643. The molecule has 0 saturated heterocycles. The molecule has 0 saturated carbocycles. The molecule has 0 aliphatic carbocycles. The first-order chi connectivity index (χ1) is 8.58. The zero-order chi connectivity index (χ0) is 13.1. The van der Waals surface area contributed by atoms with Gasteiger partial charge in [-0.25, -0.2) is 4.98 Å². The van der Waals surface area contributed by atoms with E-state index in [0.717, 1.165) is 16.8 Å². The number of nitrogens with zero attached hydrogens (tertiary/aromatic N) is 1. The maximum Gasteiger partial charge on any atom is 0.140 e. The monoisotopic (exact) mass is 277 g/mol. The molecule has 1 aromatic carbocycles. The summed E-state index contributed by atoms with van der Waals surface area (Å²) >= 11 is 11.0. The first-order valence-corrected chi connectivity index (χ1v) is 6.14. The minimum Gasteiger partial charge on any atom is -0.389 e. The number of pyridine rings is 1. The third-order valence-electron chi connectivity index (χ3n) is 2.49. The molecule has 0 aliphatic heterocycles. The number of benzene rings is 1. The fourth-order valence-corrected chi connectivity index (χ4v) is 2.11. The third kappa shape index (κ3) is 2.78. The van der Waals surface area contributed by atoms with Crippen molar-refractivity contribution in [2.45, 2.75) is 6.92 Å². The molecule has 2 rings (SSSR count). The number of aryl methyl sites for hydroxylation is 1. The van der Waals surface area contributed by atoms with Crippen molar-refractivity contribution in [3.63, 3.8) is 0 Å². The first kappa shape index (κ1) is 12.8. The molecule has 3 nitrogen and oxygen atoms in total. The Morgan fingerprint density at radius 1 is 1.39 bits per heavy atom. The van der Waals surface area contributed by atoms with Crippen LogP contribution in [0.4, 0.5) is 11.5 Å². The highest BCUT2D eigenvalue weighted by molar-refractivity contribution is 7.80. The predicted octanol–water partition coefficient (Wildman–Crippen LogP) is 3.42.